The number of nitrogens with zero attached hydrogens (tertiary/aromatic N) is 1. The monoisotopic (exact) mass is 279 g/mol. The number of hydrogen-bond donors (Lipinski definition) is 2. The first kappa shape index (κ1) is 14.8. The summed E-state index contributed by atoms with van der Waals surface area (Å²) in [6.45, 7) is 7.37. The average molecular weight is 279 g/mol. The fourth-order valence-corrected chi connectivity index (χ4v) is 2.03. The molecule has 3 heteroatoms. The van der Waals surface area contributed by atoms with Crippen molar-refractivity contribution >= 4 is 17.9 Å². The van der Waals surface area contributed by atoms with Crippen LogP contribution in [-0.4, -0.2) is 16.0 Å². The van der Waals surface area contributed by atoms with E-state index in [2.05, 4.69) is 18.3 Å². The van der Waals surface area contributed by atoms with Gasteiger partial charge in [-0.05, 0) is 16.7 Å². The van der Waals surface area contributed by atoms with Crippen LogP contribution in [0, 0.1) is 0 Å². The Morgan fingerprint density at radius 1 is 0.905 bits per heavy atom. The summed E-state index contributed by atoms with van der Waals surface area (Å²) in [4.78, 5) is 0. The summed E-state index contributed by atoms with van der Waals surface area (Å²) in [5.74, 6) is 0. The summed E-state index contributed by atoms with van der Waals surface area (Å²) in [5.41, 5.74) is 3.44. The van der Waals surface area contributed by atoms with Crippen molar-refractivity contribution in [1.29, 1.82) is 0 Å². The van der Waals surface area contributed by atoms with Crippen LogP contribution in [0.3, 0.4) is 0 Å². The number of rotatable bonds is 5. The molecule has 0 spiro atoms. The zero-order chi connectivity index (χ0) is 15.2. The van der Waals surface area contributed by atoms with Gasteiger partial charge in [-0.1, -0.05) is 79.0 Å². The summed E-state index contributed by atoms with van der Waals surface area (Å²) in [7, 11) is 0. The molecule has 1 unspecified atom stereocenters. The summed E-state index contributed by atoms with van der Waals surface area (Å²) in [6, 6.07) is 14.5. The Morgan fingerprint density at radius 2 is 1.38 bits per heavy atom. The zero-order valence-electron chi connectivity index (χ0n) is 11.6. The molecule has 0 radical (unpaired) electrons. The summed E-state index contributed by atoms with van der Waals surface area (Å²) in [6.07, 6.45) is 2.46. The Hall–Kier alpha value is -2.65. The van der Waals surface area contributed by atoms with E-state index in [1.165, 1.54) is 0 Å². The van der Waals surface area contributed by atoms with Crippen LogP contribution in [0.2, 0.25) is 0 Å². The predicted molar refractivity (Wildman–Crippen MR) is 86.3 cm³/mol. The second-order valence-electron chi connectivity index (χ2n) is 4.58. The molecule has 0 aliphatic rings. The van der Waals surface area contributed by atoms with Crippen LogP contribution < -0.4 is 0 Å². The molecule has 0 saturated heterocycles. The third-order valence-electron chi connectivity index (χ3n) is 3.30. The van der Waals surface area contributed by atoms with E-state index >= 15 is 0 Å². The molecular weight excluding hydrogens is 262 g/mol. The Kier molecular flexibility index (Phi) is 4.69. The van der Waals surface area contributed by atoms with E-state index < -0.39 is 6.10 Å². The molecule has 0 aliphatic heterocycles. The molecule has 2 rings (SSSR count). The predicted octanol–water partition coefficient (Wildman–Crippen LogP) is 3.88. The molecular formula is C18H17NO2. The third-order valence-corrected chi connectivity index (χ3v) is 3.30. The average Bonchev–Trinajstić information content (AvgIpc) is 2.56. The minimum Gasteiger partial charge on any atom is -0.411 e. The van der Waals surface area contributed by atoms with Gasteiger partial charge in [-0.3, -0.25) is 0 Å². The van der Waals surface area contributed by atoms with E-state index in [-0.39, 0.29) is 5.71 Å². The Morgan fingerprint density at radius 3 is 1.81 bits per heavy atom. The molecule has 0 amide bonds. The first-order chi connectivity index (χ1) is 10.2. The van der Waals surface area contributed by atoms with Crippen LogP contribution in [-0.2, 0) is 0 Å². The van der Waals surface area contributed by atoms with Crippen molar-refractivity contribution in [3.63, 3.8) is 0 Å². The second-order valence-corrected chi connectivity index (χ2v) is 4.58. The van der Waals surface area contributed by atoms with Gasteiger partial charge >= 0.3 is 0 Å². The van der Waals surface area contributed by atoms with Crippen LogP contribution in [0.5, 0.6) is 0 Å². The van der Waals surface area contributed by atoms with Gasteiger partial charge < -0.3 is 10.3 Å². The van der Waals surface area contributed by atoms with Gasteiger partial charge in [0.05, 0.1) is 0 Å². The molecule has 2 aromatic rings. The number of aliphatic hydroxyl groups excluding tert-OH is 1. The number of benzene rings is 2. The van der Waals surface area contributed by atoms with E-state index in [1.54, 1.807) is 36.4 Å². The number of oxime groups is 1. The van der Waals surface area contributed by atoms with Crippen LogP contribution in [0.15, 0.2) is 66.8 Å². The molecule has 0 heterocycles. The first-order valence-electron chi connectivity index (χ1n) is 6.55. The molecule has 2 aromatic carbocycles. The molecule has 1 atom stereocenters. The second kappa shape index (κ2) is 6.68. The van der Waals surface area contributed by atoms with Crippen LogP contribution in [0.1, 0.15) is 28.4 Å². The number of aliphatic hydroxyl groups is 1. The highest BCUT2D eigenvalue weighted by molar-refractivity contribution is 6.03. The molecule has 0 fully saturated rings. The van der Waals surface area contributed by atoms with Gasteiger partial charge in [0.1, 0.15) is 11.8 Å². The lowest BCUT2D eigenvalue weighted by Gasteiger charge is -2.13. The van der Waals surface area contributed by atoms with Crippen molar-refractivity contribution in [3.8, 4) is 0 Å². The molecule has 0 saturated carbocycles. The fourth-order valence-electron chi connectivity index (χ4n) is 2.03. The molecule has 21 heavy (non-hydrogen) atoms. The summed E-state index contributed by atoms with van der Waals surface area (Å²) < 4.78 is 0. The van der Waals surface area contributed by atoms with Gasteiger partial charge in [0.15, 0.2) is 0 Å². The molecule has 0 aromatic heterocycles. The van der Waals surface area contributed by atoms with Crippen molar-refractivity contribution in [2.24, 2.45) is 5.16 Å². The highest BCUT2D eigenvalue weighted by Gasteiger charge is 2.17. The van der Waals surface area contributed by atoms with Gasteiger partial charge in [-0.25, -0.2) is 0 Å². The third kappa shape index (κ3) is 3.27. The fraction of sp³-hybridized carbons (Fsp3) is 0.0556. The molecule has 3 nitrogen and oxygen atoms in total. The van der Waals surface area contributed by atoms with E-state index in [9.17, 15) is 10.3 Å². The van der Waals surface area contributed by atoms with E-state index in [4.69, 9.17) is 0 Å². The number of hydrogen-bond acceptors (Lipinski definition) is 3. The molecule has 0 aliphatic carbocycles. The lowest BCUT2D eigenvalue weighted by molar-refractivity contribution is 0.235. The van der Waals surface area contributed by atoms with Gasteiger partial charge in [0.25, 0.3) is 0 Å². The van der Waals surface area contributed by atoms with Crippen LogP contribution in [0.25, 0.3) is 12.2 Å². The lowest BCUT2D eigenvalue weighted by atomic mass is 9.97. The van der Waals surface area contributed by atoms with E-state index in [1.807, 2.05) is 24.3 Å². The maximum Gasteiger partial charge on any atom is 0.125 e. The minimum absolute atomic E-state index is 0.206. The van der Waals surface area contributed by atoms with Crippen molar-refractivity contribution in [3.05, 3.63) is 83.9 Å². The maximum atomic E-state index is 10.4. The van der Waals surface area contributed by atoms with Crippen LogP contribution in [0.4, 0.5) is 0 Å². The summed E-state index contributed by atoms with van der Waals surface area (Å²) in [5, 5.41) is 22.9. The highest BCUT2D eigenvalue weighted by Crippen LogP contribution is 2.20. The van der Waals surface area contributed by atoms with Crippen molar-refractivity contribution in [1.82, 2.24) is 0 Å². The first-order valence-corrected chi connectivity index (χ1v) is 6.55. The smallest absolute Gasteiger partial charge is 0.125 e. The highest BCUT2D eigenvalue weighted by atomic mass is 16.4. The van der Waals surface area contributed by atoms with E-state index in [0.29, 0.717) is 11.1 Å². The topological polar surface area (TPSA) is 52.8 Å². The van der Waals surface area contributed by atoms with Gasteiger partial charge in [0.2, 0.25) is 0 Å². The Balaban J connectivity index is 2.30. The van der Waals surface area contributed by atoms with Crippen molar-refractivity contribution < 1.29 is 10.3 Å². The molecule has 106 valence electrons. The minimum atomic E-state index is -0.997. The van der Waals surface area contributed by atoms with Crippen LogP contribution >= 0.6 is 0 Å². The van der Waals surface area contributed by atoms with Crippen molar-refractivity contribution in [2.75, 3.05) is 0 Å². The van der Waals surface area contributed by atoms with Gasteiger partial charge in [0, 0.05) is 5.56 Å². The van der Waals surface area contributed by atoms with Gasteiger partial charge in [-0.15, -0.1) is 0 Å². The Bertz CT molecular complexity index is 655. The largest absolute Gasteiger partial charge is 0.411 e. The van der Waals surface area contributed by atoms with Crippen molar-refractivity contribution in [2.45, 2.75) is 6.10 Å². The quantitative estimate of drug-likeness (QED) is 0.495. The normalized spacial score (nSPS) is 12.7. The Labute approximate surface area is 124 Å². The molecule has 0 bridgehead atoms. The molecule has 2 N–H and O–H groups in total. The maximum absolute atomic E-state index is 10.4. The zero-order valence-corrected chi connectivity index (χ0v) is 11.6. The van der Waals surface area contributed by atoms with E-state index in [0.717, 1.165) is 11.1 Å². The van der Waals surface area contributed by atoms with Gasteiger partial charge in [-0.2, -0.15) is 0 Å². The SMILES string of the molecule is C=Cc1ccc(/C(=N\O)C(O)c2ccc(C=C)cc2)cc1. The summed E-state index contributed by atoms with van der Waals surface area (Å²) >= 11 is 0. The lowest BCUT2D eigenvalue weighted by Crippen LogP contribution is -2.13. The standard InChI is InChI=1S/C18H17NO2/c1-3-13-5-9-15(10-6-13)17(19-21)18(20)16-11-7-14(4-2)8-12-16/h3-12,18,20-21H,1-2H2/b19-17+.